The lowest BCUT2D eigenvalue weighted by molar-refractivity contribution is -0.147. The molecule has 37 heavy (non-hydrogen) atoms. The lowest BCUT2D eigenvalue weighted by Crippen LogP contribution is -2.51. The van der Waals surface area contributed by atoms with E-state index in [0.29, 0.717) is 17.7 Å². The highest BCUT2D eigenvalue weighted by Crippen LogP contribution is 2.41. The molecule has 0 spiro atoms. The summed E-state index contributed by atoms with van der Waals surface area (Å²) in [5, 5.41) is 20.8. The Morgan fingerprint density at radius 1 is 1.11 bits per heavy atom. The van der Waals surface area contributed by atoms with Crippen molar-refractivity contribution in [2.24, 2.45) is 5.41 Å². The zero-order valence-electron chi connectivity index (χ0n) is 20.8. The highest BCUT2D eigenvalue weighted by Gasteiger charge is 2.47. The minimum absolute atomic E-state index is 0.0836. The largest absolute Gasteiger partial charge is 0.416 e. The normalized spacial score (nSPS) is 21.6. The zero-order valence-corrected chi connectivity index (χ0v) is 21.6. The van der Waals surface area contributed by atoms with Crippen LogP contribution in [0, 0.1) is 16.7 Å². The first kappa shape index (κ1) is 28.6. The first-order chi connectivity index (χ1) is 17.1. The summed E-state index contributed by atoms with van der Waals surface area (Å²) >= 11 is 0. The molecule has 200 valence electrons. The van der Waals surface area contributed by atoms with Crippen LogP contribution in [-0.2, 0) is 21.0 Å². The maximum absolute atomic E-state index is 13.6. The SMILES string of the molecule is CN(C(=O)C1(C#N)CCC(NS(=O)(=O)c2ccc(C(F)(F)F)cc2)CC1)[C@@H](c1ccccc1)C(C)(C)O. The Balaban J connectivity index is 1.73. The Hall–Kier alpha value is -2.94. The molecule has 0 unspecified atom stereocenters. The molecule has 2 N–H and O–H groups in total. The number of halogens is 3. The monoisotopic (exact) mass is 537 g/mol. The Kier molecular flexibility index (Phi) is 8.08. The van der Waals surface area contributed by atoms with Gasteiger partial charge in [-0.15, -0.1) is 0 Å². The molecule has 2 aromatic carbocycles. The second-order valence-corrected chi connectivity index (χ2v) is 11.7. The van der Waals surface area contributed by atoms with E-state index in [9.17, 15) is 36.8 Å². The number of rotatable bonds is 7. The van der Waals surface area contributed by atoms with Crippen molar-refractivity contribution in [3.05, 3.63) is 65.7 Å². The number of amides is 1. The molecule has 7 nitrogen and oxygen atoms in total. The van der Waals surface area contributed by atoms with Gasteiger partial charge in [-0.3, -0.25) is 4.79 Å². The molecule has 11 heteroatoms. The number of hydrogen-bond acceptors (Lipinski definition) is 5. The van der Waals surface area contributed by atoms with Gasteiger partial charge in [0, 0.05) is 13.1 Å². The number of nitrogens with one attached hydrogen (secondary N) is 1. The summed E-state index contributed by atoms with van der Waals surface area (Å²) in [7, 11) is -2.56. The number of nitrogens with zero attached hydrogens (tertiary/aromatic N) is 2. The van der Waals surface area contributed by atoms with Gasteiger partial charge in [0.2, 0.25) is 15.9 Å². The molecular weight excluding hydrogens is 507 g/mol. The summed E-state index contributed by atoms with van der Waals surface area (Å²) in [5.41, 5.74) is -2.96. The summed E-state index contributed by atoms with van der Waals surface area (Å²) in [5.74, 6) is -0.463. The smallest absolute Gasteiger partial charge is 0.388 e. The van der Waals surface area contributed by atoms with Crippen molar-refractivity contribution in [3.8, 4) is 6.07 Å². The minimum atomic E-state index is -4.58. The summed E-state index contributed by atoms with van der Waals surface area (Å²) < 4.78 is 66.3. The van der Waals surface area contributed by atoms with Gasteiger partial charge in [0.1, 0.15) is 5.41 Å². The van der Waals surface area contributed by atoms with Crippen LogP contribution >= 0.6 is 0 Å². The van der Waals surface area contributed by atoms with Crippen LogP contribution in [0.5, 0.6) is 0 Å². The summed E-state index contributed by atoms with van der Waals surface area (Å²) in [4.78, 5) is 14.7. The third-order valence-corrected chi connectivity index (χ3v) is 8.30. The standard InChI is InChI=1S/C26H30F3N3O4S/c1-24(2,34)22(18-7-5-4-6-8-18)32(3)23(33)25(17-30)15-13-20(14-16-25)31-37(35,36)21-11-9-19(10-12-21)26(27,28)29/h4-12,20,22,31,34H,13-16H2,1-3H3/t20?,22-,25?/m0/s1. The topological polar surface area (TPSA) is 111 Å². The van der Waals surface area contributed by atoms with Gasteiger partial charge in [-0.1, -0.05) is 30.3 Å². The van der Waals surface area contributed by atoms with Gasteiger partial charge in [-0.25, -0.2) is 13.1 Å². The van der Waals surface area contributed by atoms with Crippen molar-refractivity contribution in [1.29, 1.82) is 5.26 Å². The number of nitriles is 1. The highest BCUT2D eigenvalue weighted by molar-refractivity contribution is 7.89. The first-order valence-corrected chi connectivity index (χ1v) is 13.2. The fourth-order valence-electron chi connectivity index (χ4n) is 4.91. The van der Waals surface area contributed by atoms with Gasteiger partial charge in [0.05, 0.1) is 28.2 Å². The van der Waals surface area contributed by atoms with E-state index in [1.165, 1.54) is 11.9 Å². The molecule has 0 aromatic heterocycles. The second-order valence-electron chi connectivity index (χ2n) is 9.99. The van der Waals surface area contributed by atoms with Crippen LogP contribution in [0.1, 0.15) is 56.7 Å². The van der Waals surface area contributed by atoms with E-state index < -0.39 is 50.8 Å². The molecule has 1 atom stereocenters. The first-order valence-electron chi connectivity index (χ1n) is 11.8. The summed E-state index contributed by atoms with van der Waals surface area (Å²) in [6, 6.07) is 13.0. The average Bonchev–Trinajstić information content (AvgIpc) is 2.83. The van der Waals surface area contributed by atoms with Crippen LogP contribution in [0.3, 0.4) is 0 Å². The van der Waals surface area contributed by atoms with Crippen LogP contribution in [0.15, 0.2) is 59.5 Å². The lowest BCUT2D eigenvalue weighted by atomic mass is 9.72. The van der Waals surface area contributed by atoms with Crippen molar-refractivity contribution in [2.45, 2.75) is 68.3 Å². The highest BCUT2D eigenvalue weighted by atomic mass is 32.2. The number of sulfonamides is 1. The number of aliphatic hydroxyl groups is 1. The molecular formula is C26H30F3N3O4S. The summed E-state index contributed by atoms with van der Waals surface area (Å²) in [6.07, 6.45) is -4.04. The number of alkyl halides is 3. The molecule has 1 aliphatic carbocycles. The third kappa shape index (κ3) is 6.32. The van der Waals surface area contributed by atoms with E-state index in [2.05, 4.69) is 10.8 Å². The maximum atomic E-state index is 13.6. The Morgan fingerprint density at radius 3 is 2.11 bits per heavy atom. The van der Waals surface area contributed by atoms with Crippen molar-refractivity contribution in [2.75, 3.05) is 7.05 Å². The number of benzene rings is 2. The van der Waals surface area contributed by atoms with Gasteiger partial charge in [0.15, 0.2) is 0 Å². The van der Waals surface area contributed by atoms with Gasteiger partial charge < -0.3 is 10.0 Å². The fourth-order valence-corrected chi connectivity index (χ4v) is 6.21. The van der Waals surface area contributed by atoms with Crippen LogP contribution < -0.4 is 4.72 Å². The van der Waals surface area contributed by atoms with Crippen molar-refractivity contribution >= 4 is 15.9 Å². The van der Waals surface area contributed by atoms with Gasteiger partial charge >= 0.3 is 6.18 Å². The minimum Gasteiger partial charge on any atom is -0.388 e. The molecule has 1 saturated carbocycles. The Labute approximate surface area is 215 Å². The van der Waals surface area contributed by atoms with E-state index in [4.69, 9.17) is 0 Å². The van der Waals surface area contributed by atoms with E-state index in [1.807, 2.05) is 6.07 Å². The Bertz CT molecular complexity index is 1240. The number of hydrogen-bond donors (Lipinski definition) is 2. The molecule has 2 aromatic rings. The van der Waals surface area contributed by atoms with E-state index in [1.54, 1.807) is 38.1 Å². The van der Waals surface area contributed by atoms with Crippen LogP contribution in [0.2, 0.25) is 0 Å². The molecule has 0 radical (unpaired) electrons. The predicted octanol–water partition coefficient (Wildman–Crippen LogP) is 4.41. The second kappa shape index (κ2) is 10.4. The molecule has 0 aliphatic heterocycles. The molecule has 0 heterocycles. The van der Waals surface area contributed by atoms with Crippen LogP contribution in [0.4, 0.5) is 13.2 Å². The van der Waals surface area contributed by atoms with E-state index >= 15 is 0 Å². The van der Waals surface area contributed by atoms with Crippen molar-refractivity contribution in [3.63, 3.8) is 0 Å². The zero-order chi connectivity index (χ0) is 27.6. The van der Waals surface area contributed by atoms with E-state index in [-0.39, 0.29) is 30.6 Å². The molecule has 0 saturated heterocycles. The maximum Gasteiger partial charge on any atom is 0.416 e. The quantitative estimate of drug-likeness (QED) is 0.544. The molecule has 1 amide bonds. The number of carbonyl (C=O) groups excluding carboxylic acids is 1. The fraction of sp³-hybridized carbons (Fsp3) is 0.462. The van der Waals surface area contributed by atoms with Gasteiger partial charge in [0.25, 0.3) is 0 Å². The molecule has 3 rings (SSSR count). The molecule has 1 fully saturated rings. The lowest BCUT2D eigenvalue weighted by Gasteiger charge is -2.42. The van der Waals surface area contributed by atoms with Crippen LogP contribution in [0.25, 0.3) is 0 Å². The Morgan fingerprint density at radius 2 is 1.65 bits per heavy atom. The predicted molar refractivity (Wildman–Crippen MR) is 130 cm³/mol. The third-order valence-electron chi connectivity index (χ3n) is 6.77. The average molecular weight is 538 g/mol. The van der Waals surface area contributed by atoms with Crippen molar-refractivity contribution < 1.29 is 31.5 Å². The number of likely N-dealkylation sites (N-methyl/N-ethyl adjacent to an activating group) is 1. The van der Waals surface area contributed by atoms with Gasteiger partial charge in [-0.05, 0) is 69.4 Å². The van der Waals surface area contributed by atoms with Crippen molar-refractivity contribution in [1.82, 2.24) is 9.62 Å². The molecule has 0 bridgehead atoms. The molecule has 1 aliphatic rings. The van der Waals surface area contributed by atoms with E-state index in [0.717, 1.165) is 12.1 Å². The van der Waals surface area contributed by atoms with Gasteiger partial charge in [-0.2, -0.15) is 18.4 Å². The van der Waals surface area contributed by atoms with Crippen LogP contribution in [-0.4, -0.2) is 43.0 Å². The summed E-state index contributed by atoms with van der Waals surface area (Å²) in [6.45, 7) is 3.17. The number of carbonyl (C=O) groups is 1.